The maximum absolute atomic E-state index is 12.0. The number of fused-ring (bicyclic) bond motifs is 1. The Labute approximate surface area is 189 Å². The van der Waals surface area contributed by atoms with Gasteiger partial charge in [-0.15, -0.1) is 24.0 Å². The van der Waals surface area contributed by atoms with Gasteiger partial charge in [0.15, 0.2) is 5.96 Å². The lowest BCUT2D eigenvalue weighted by Gasteiger charge is -2.23. The fourth-order valence-corrected chi connectivity index (χ4v) is 3.33. The lowest BCUT2D eigenvalue weighted by Crippen LogP contribution is -2.44. The van der Waals surface area contributed by atoms with E-state index < -0.39 is 5.60 Å². The molecular weight excluding hydrogens is 483 g/mol. The van der Waals surface area contributed by atoms with Crippen molar-refractivity contribution >= 4 is 41.7 Å². The number of aliphatic imine (C=N–C) groups is 1. The highest BCUT2D eigenvalue weighted by atomic mass is 127. The van der Waals surface area contributed by atoms with Crippen molar-refractivity contribution in [1.82, 2.24) is 24.9 Å². The number of alkyl carbamates (subject to hydrolysis) is 1. The summed E-state index contributed by atoms with van der Waals surface area (Å²) in [4.78, 5) is 23.1. The summed E-state index contributed by atoms with van der Waals surface area (Å²) in [6.45, 7) is 9.76. The van der Waals surface area contributed by atoms with E-state index in [1.54, 1.807) is 7.05 Å². The van der Waals surface area contributed by atoms with Crippen LogP contribution in [0.5, 0.6) is 0 Å². The number of rotatable bonds is 3. The fourth-order valence-electron chi connectivity index (χ4n) is 3.33. The summed E-state index contributed by atoms with van der Waals surface area (Å²) in [5.41, 5.74) is 2.55. The van der Waals surface area contributed by atoms with E-state index in [-0.39, 0.29) is 36.1 Å². The number of aryl methyl sites for hydroxylation is 1. The van der Waals surface area contributed by atoms with Crippen LogP contribution in [-0.2, 0) is 11.3 Å². The van der Waals surface area contributed by atoms with Gasteiger partial charge in [0.2, 0.25) is 0 Å². The molecule has 1 amide bonds. The molecule has 0 radical (unpaired) electrons. The first-order valence-corrected chi connectivity index (χ1v) is 9.64. The van der Waals surface area contributed by atoms with Crippen molar-refractivity contribution in [1.29, 1.82) is 0 Å². The molecule has 2 aromatic heterocycles. The third kappa shape index (κ3) is 6.22. The van der Waals surface area contributed by atoms with Gasteiger partial charge in [0.05, 0.1) is 18.3 Å². The van der Waals surface area contributed by atoms with Crippen LogP contribution in [0.2, 0.25) is 0 Å². The minimum absolute atomic E-state index is 0. The molecule has 2 aromatic rings. The number of ether oxygens (including phenoxy) is 1. The molecule has 3 heterocycles. The zero-order chi connectivity index (χ0) is 20.3. The monoisotopic (exact) mass is 514 g/mol. The zero-order valence-corrected chi connectivity index (χ0v) is 20.1. The molecule has 29 heavy (non-hydrogen) atoms. The number of pyridine rings is 1. The minimum atomic E-state index is -0.494. The van der Waals surface area contributed by atoms with E-state index in [0.717, 1.165) is 36.0 Å². The largest absolute Gasteiger partial charge is 0.444 e. The Morgan fingerprint density at radius 1 is 1.38 bits per heavy atom. The molecule has 1 atom stereocenters. The van der Waals surface area contributed by atoms with E-state index >= 15 is 0 Å². The summed E-state index contributed by atoms with van der Waals surface area (Å²) in [6, 6.07) is 6.12. The molecule has 0 bridgehead atoms. The average Bonchev–Trinajstić information content (AvgIpc) is 3.21. The fraction of sp³-hybridized carbons (Fsp3) is 0.550. The molecule has 0 spiro atoms. The topological polar surface area (TPSA) is 83.3 Å². The Hall–Kier alpha value is -2.04. The Bertz CT molecular complexity index is 873. The third-order valence-electron chi connectivity index (χ3n) is 4.59. The Balaban J connectivity index is 0.00000300. The highest BCUT2D eigenvalue weighted by Gasteiger charge is 2.27. The number of imidazole rings is 1. The maximum atomic E-state index is 12.0. The van der Waals surface area contributed by atoms with Crippen LogP contribution in [0.1, 0.15) is 38.6 Å². The van der Waals surface area contributed by atoms with Crippen LogP contribution in [0, 0.1) is 6.92 Å². The maximum Gasteiger partial charge on any atom is 0.407 e. The average molecular weight is 514 g/mol. The number of nitrogens with one attached hydrogen (secondary N) is 2. The number of carbonyl (C=O) groups excluding carboxylic acids is 1. The van der Waals surface area contributed by atoms with E-state index in [9.17, 15) is 4.79 Å². The van der Waals surface area contributed by atoms with Gasteiger partial charge in [-0.2, -0.15) is 0 Å². The number of hydrogen-bond donors (Lipinski definition) is 2. The first-order valence-electron chi connectivity index (χ1n) is 9.64. The second-order valence-electron chi connectivity index (χ2n) is 8.11. The predicted octanol–water partition coefficient (Wildman–Crippen LogP) is 2.94. The number of halogens is 1. The standard InChI is InChI=1S/C20H30N6O2.HI/c1-14-7-6-8-17-23-16(13-26(14)17)11-22-18(21-5)25-10-9-15(12-25)24-19(27)28-20(2,3)4;/h6-8,13,15H,9-12H2,1-5H3,(H,21,22)(H,24,27);1H. The van der Waals surface area contributed by atoms with Crippen molar-refractivity contribution in [3.8, 4) is 0 Å². The highest BCUT2D eigenvalue weighted by molar-refractivity contribution is 14.0. The van der Waals surface area contributed by atoms with Crippen LogP contribution in [-0.4, -0.2) is 58.1 Å². The Morgan fingerprint density at radius 2 is 2.14 bits per heavy atom. The number of aromatic nitrogens is 2. The van der Waals surface area contributed by atoms with Crippen molar-refractivity contribution < 1.29 is 9.53 Å². The van der Waals surface area contributed by atoms with Crippen molar-refractivity contribution in [3.05, 3.63) is 35.8 Å². The van der Waals surface area contributed by atoms with E-state index in [2.05, 4.69) is 42.9 Å². The molecule has 1 aliphatic rings. The molecule has 0 saturated carbocycles. The molecular formula is C20H31IN6O2. The first kappa shape index (κ1) is 23.2. The minimum Gasteiger partial charge on any atom is -0.444 e. The smallest absolute Gasteiger partial charge is 0.407 e. The van der Waals surface area contributed by atoms with Gasteiger partial charge in [0.25, 0.3) is 0 Å². The molecule has 1 unspecified atom stereocenters. The van der Waals surface area contributed by atoms with Gasteiger partial charge in [0, 0.05) is 32.0 Å². The molecule has 1 saturated heterocycles. The summed E-state index contributed by atoms with van der Waals surface area (Å²) in [5, 5.41) is 6.32. The molecule has 1 fully saturated rings. The molecule has 0 aromatic carbocycles. The van der Waals surface area contributed by atoms with Gasteiger partial charge >= 0.3 is 6.09 Å². The highest BCUT2D eigenvalue weighted by Crippen LogP contribution is 2.13. The summed E-state index contributed by atoms with van der Waals surface area (Å²) in [6.07, 6.45) is 2.53. The molecule has 3 rings (SSSR count). The van der Waals surface area contributed by atoms with E-state index in [0.29, 0.717) is 13.1 Å². The first-order chi connectivity index (χ1) is 13.2. The van der Waals surface area contributed by atoms with Crippen molar-refractivity contribution in [2.24, 2.45) is 4.99 Å². The Kier molecular flexibility index (Phi) is 7.73. The van der Waals surface area contributed by atoms with Gasteiger partial charge < -0.3 is 24.7 Å². The number of carbonyl (C=O) groups is 1. The van der Waals surface area contributed by atoms with Gasteiger partial charge in [-0.25, -0.2) is 9.78 Å². The van der Waals surface area contributed by atoms with Crippen LogP contribution in [0.25, 0.3) is 5.65 Å². The van der Waals surface area contributed by atoms with Gasteiger partial charge in [-0.1, -0.05) is 6.07 Å². The van der Waals surface area contributed by atoms with Crippen molar-refractivity contribution in [3.63, 3.8) is 0 Å². The van der Waals surface area contributed by atoms with Crippen molar-refractivity contribution in [2.45, 2.75) is 52.3 Å². The summed E-state index contributed by atoms with van der Waals surface area (Å²) in [7, 11) is 1.77. The number of guanidine groups is 1. The molecule has 2 N–H and O–H groups in total. The lowest BCUT2D eigenvalue weighted by atomic mass is 10.2. The number of likely N-dealkylation sites (tertiary alicyclic amines) is 1. The second kappa shape index (κ2) is 9.64. The number of nitrogens with zero attached hydrogens (tertiary/aromatic N) is 4. The Morgan fingerprint density at radius 3 is 2.79 bits per heavy atom. The van der Waals surface area contributed by atoms with E-state index in [1.165, 1.54) is 0 Å². The van der Waals surface area contributed by atoms with Crippen LogP contribution < -0.4 is 10.6 Å². The van der Waals surface area contributed by atoms with Crippen LogP contribution in [0.3, 0.4) is 0 Å². The summed E-state index contributed by atoms with van der Waals surface area (Å²) >= 11 is 0. The van der Waals surface area contributed by atoms with Crippen molar-refractivity contribution in [2.75, 3.05) is 20.1 Å². The predicted molar refractivity (Wildman–Crippen MR) is 125 cm³/mol. The van der Waals surface area contributed by atoms with Gasteiger partial charge in [-0.05, 0) is 46.2 Å². The summed E-state index contributed by atoms with van der Waals surface area (Å²) in [5.74, 6) is 0.808. The lowest BCUT2D eigenvalue weighted by molar-refractivity contribution is 0.0507. The molecule has 160 valence electrons. The van der Waals surface area contributed by atoms with Crippen LogP contribution >= 0.6 is 24.0 Å². The normalized spacial score (nSPS) is 17.2. The van der Waals surface area contributed by atoms with E-state index in [1.807, 2.05) is 39.1 Å². The van der Waals surface area contributed by atoms with Crippen LogP contribution in [0.4, 0.5) is 4.79 Å². The quantitative estimate of drug-likeness (QED) is 0.374. The number of amides is 1. The van der Waals surface area contributed by atoms with Gasteiger partial charge in [-0.3, -0.25) is 4.99 Å². The van der Waals surface area contributed by atoms with E-state index in [4.69, 9.17) is 4.74 Å². The molecule has 0 aliphatic carbocycles. The van der Waals surface area contributed by atoms with Gasteiger partial charge in [0.1, 0.15) is 11.2 Å². The zero-order valence-electron chi connectivity index (χ0n) is 17.7. The SMILES string of the molecule is CN=C(NCc1cn2c(C)cccc2n1)N1CCC(NC(=O)OC(C)(C)C)C1.I. The van der Waals surface area contributed by atoms with Crippen LogP contribution in [0.15, 0.2) is 29.4 Å². The third-order valence-corrected chi connectivity index (χ3v) is 4.59. The molecule has 9 heteroatoms. The number of hydrogen-bond acceptors (Lipinski definition) is 4. The summed E-state index contributed by atoms with van der Waals surface area (Å²) < 4.78 is 7.42. The second-order valence-corrected chi connectivity index (χ2v) is 8.11. The molecule has 1 aliphatic heterocycles. The molecule has 8 nitrogen and oxygen atoms in total.